The smallest absolute Gasteiger partial charge is 0.407 e. The van der Waals surface area contributed by atoms with Crippen LogP contribution in [-0.4, -0.2) is 38.9 Å². The molecule has 210 valence electrons. The number of amides is 1. The summed E-state index contributed by atoms with van der Waals surface area (Å²) in [6.07, 6.45) is -0.915. The van der Waals surface area contributed by atoms with E-state index in [0.717, 1.165) is 22.3 Å². The molecule has 1 amide bonds. The molecule has 41 heavy (non-hydrogen) atoms. The first-order valence-electron chi connectivity index (χ1n) is 13.2. The standard InChI is InChI=1S/C33H30FNO6/c1-38-23-16-15-22(31(18-23)39-2)19-40-32(36)30(17-21-9-3-8-14-29(21)34)35-33(37)41-20-28-26-12-6-4-10-24(26)25-11-5-7-13-27(25)28/h3-16,18,28,30H,17,19-20H2,1-2H3,(H,35,37). The van der Waals surface area contributed by atoms with Gasteiger partial charge in [-0.15, -0.1) is 0 Å². The van der Waals surface area contributed by atoms with Crippen molar-refractivity contribution < 1.29 is 32.9 Å². The summed E-state index contributed by atoms with van der Waals surface area (Å²) in [6.45, 7) is -0.0451. The minimum Gasteiger partial charge on any atom is -0.497 e. The number of methoxy groups -OCH3 is 2. The van der Waals surface area contributed by atoms with Gasteiger partial charge >= 0.3 is 12.1 Å². The molecular formula is C33H30FNO6. The van der Waals surface area contributed by atoms with E-state index in [1.807, 2.05) is 48.5 Å². The van der Waals surface area contributed by atoms with Crippen molar-refractivity contribution in [3.8, 4) is 22.6 Å². The maximum Gasteiger partial charge on any atom is 0.407 e. The third-order valence-corrected chi connectivity index (χ3v) is 7.17. The summed E-state index contributed by atoms with van der Waals surface area (Å²) >= 11 is 0. The predicted octanol–water partition coefficient (Wildman–Crippen LogP) is 6.04. The van der Waals surface area contributed by atoms with Crippen LogP contribution in [0.25, 0.3) is 11.1 Å². The van der Waals surface area contributed by atoms with Crippen molar-refractivity contribution in [2.24, 2.45) is 0 Å². The van der Waals surface area contributed by atoms with E-state index in [1.54, 1.807) is 36.4 Å². The Morgan fingerprint density at radius 2 is 1.46 bits per heavy atom. The summed E-state index contributed by atoms with van der Waals surface area (Å²) in [6, 6.07) is 26.0. The first-order chi connectivity index (χ1) is 20.0. The second-order valence-corrected chi connectivity index (χ2v) is 9.60. The summed E-state index contributed by atoms with van der Waals surface area (Å²) in [5, 5.41) is 2.59. The molecule has 0 bridgehead atoms. The van der Waals surface area contributed by atoms with Crippen molar-refractivity contribution in [1.29, 1.82) is 0 Å². The molecule has 0 spiro atoms. The highest BCUT2D eigenvalue weighted by Crippen LogP contribution is 2.44. The molecule has 0 radical (unpaired) electrons. The number of alkyl carbamates (subject to hydrolysis) is 1. The van der Waals surface area contributed by atoms with Crippen molar-refractivity contribution in [1.82, 2.24) is 5.32 Å². The van der Waals surface area contributed by atoms with E-state index in [-0.39, 0.29) is 31.1 Å². The third-order valence-electron chi connectivity index (χ3n) is 7.17. The molecular weight excluding hydrogens is 525 g/mol. The maximum absolute atomic E-state index is 14.5. The monoisotopic (exact) mass is 555 g/mol. The van der Waals surface area contributed by atoms with Crippen LogP contribution in [0.5, 0.6) is 11.5 Å². The van der Waals surface area contributed by atoms with E-state index < -0.39 is 23.9 Å². The quantitative estimate of drug-likeness (QED) is 0.241. The van der Waals surface area contributed by atoms with Gasteiger partial charge in [-0.25, -0.2) is 14.0 Å². The number of esters is 1. The SMILES string of the molecule is COc1ccc(COC(=O)C(Cc2ccccc2F)NC(=O)OCC2c3ccccc3-c3ccccc32)c(OC)c1. The molecule has 5 rings (SSSR count). The normalized spacial score (nSPS) is 12.6. The Morgan fingerprint density at radius 1 is 0.805 bits per heavy atom. The predicted molar refractivity (Wildman–Crippen MR) is 151 cm³/mol. The van der Waals surface area contributed by atoms with Gasteiger partial charge in [0.25, 0.3) is 0 Å². The Kier molecular flexibility index (Phi) is 8.48. The Labute approximate surface area is 237 Å². The van der Waals surface area contributed by atoms with Gasteiger partial charge in [-0.05, 0) is 46.0 Å². The molecule has 7 nitrogen and oxygen atoms in total. The zero-order chi connectivity index (χ0) is 28.8. The maximum atomic E-state index is 14.5. The number of carbonyl (C=O) groups is 2. The molecule has 0 saturated heterocycles. The van der Waals surface area contributed by atoms with Crippen LogP contribution in [0.1, 0.15) is 28.2 Å². The molecule has 1 aliphatic rings. The average Bonchev–Trinajstić information content (AvgIpc) is 3.33. The number of halogens is 1. The molecule has 0 aliphatic heterocycles. The highest BCUT2D eigenvalue weighted by atomic mass is 19.1. The molecule has 0 aromatic heterocycles. The van der Waals surface area contributed by atoms with E-state index in [1.165, 1.54) is 20.3 Å². The second kappa shape index (κ2) is 12.6. The highest BCUT2D eigenvalue weighted by Gasteiger charge is 2.30. The fraction of sp³-hybridized carbons (Fsp3) is 0.212. The lowest BCUT2D eigenvalue weighted by molar-refractivity contribution is -0.147. The number of benzene rings is 4. The summed E-state index contributed by atoms with van der Waals surface area (Å²) in [5.41, 5.74) is 5.21. The van der Waals surface area contributed by atoms with E-state index >= 15 is 0 Å². The first kappa shape index (κ1) is 27.7. The summed E-state index contributed by atoms with van der Waals surface area (Å²) in [7, 11) is 3.04. The number of hydrogen-bond acceptors (Lipinski definition) is 6. The number of ether oxygens (including phenoxy) is 4. The van der Waals surface area contributed by atoms with Crippen LogP contribution in [0.4, 0.5) is 9.18 Å². The number of hydrogen-bond donors (Lipinski definition) is 1. The lowest BCUT2D eigenvalue weighted by Gasteiger charge is -2.20. The van der Waals surface area contributed by atoms with E-state index in [4.69, 9.17) is 18.9 Å². The van der Waals surface area contributed by atoms with Gasteiger partial charge in [-0.1, -0.05) is 66.7 Å². The summed E-state index contributed by atoms with van der Waals surface area (Å²) in [5.74, 6) is -0.303. The van der Waals surface area contributed by atoms with Gasteiger partial charge in [0.2, 0.25) is 0 Å². The van der Waals surface area contributed by atoms with Gasteiger partial charge in [0.15, 0.2) is 0 Å². The fourth-order valence-electron chi connectivity index (χ4n) is 5.08. The second-order valence-electron chi connectivity index (χ2n) is 9.60. The number of nitrogens with one attached hydrogen (secondary N) is 1. The van der Waals surface area contributed by atoms with Crippen molar-refractivity contribution in [2.75, 3.05) is 20.8 Å². The highest BCUT2D eigenvalue weighted by molar-refractivity contribution is 5.82. The third kappa shape index (κ3) is 6.17. The van der Waals surface area contributed by atoms with E-state index in [9.17, 15) is 14.0 Å². The van der Waals surface area contributed by atoms with Crippen LogP contribution < -0.4 is 14.8 Å². The van der Waals surface area contributed by atoms with Crippen LogP contribution in [0.3, 0.4) is 0 Å². The Morgan fingerprint density at radius 3 is 2.12 bits per heavy atom. The van der Waals surface area contributed by atoms with Crippen LogP contribution in [0.15, 0.2) is 91.0 Å². The van der Waals surface area contributed by atoms with E-state index in [2.05, 4.69) is 5.32 Å². The molecule has 0 heterocycles. The van der Waals surface area contributed by atoms with E-state index in [0.29, 0.717) is 17.1 Å². The van der Waals surface area contributed by atoms with Gasteiger partial charge in [0.1, 0.15) is 36.6 Å². The number of rotatable bonds is 10. The Bertz CT molecular complexity index is 1510. The topological polar surface area (TPSA) is 83.1 Å². The number of carbonyl (C=O) groups excluding carboxylic acids is 2. The average molecular weight is 556 g/mol. The fourth-order valence-corrected chi connectivity index (χ4v) is 5.08. The molecule has 1 aliphatic carbocycles. The van der Waals surface area contributed by atoms with Crippen LogP contribution in [0.2, 0.25) is 0 Å². The van der Waals surface area contributed by atoms with Gasteiger partial charge in [-0.3, -0.25) is 0 Å². The minimum absolute atomic E-state index is 0.0738. The minimum atomic E-state index is -1.19. The van der Waals surface area contributed by atoms with Gasteiger partial charge in [0.05, 0.1) is 14.2 Å². The van der Waals surface area contributed by atoms with Gasteiger partial charge in [-0.2, -0.15) is 0 Å². The molecule has 0 saturated carbocycles. The molecule has 8 heteroatoms. The molecule has 4 aromatic carbocycles. The van der Waals surface area contributed by atoms with Crippen molar-refractivity contribution in [2.45, 2.75) is 25.0 Å². The largest absolute Gasteiger partial charge is 0.497 e. The molecule has 1 atom stereocenters. The van der Waals surface area contributed by atoms with Crippen LogP contribution in [0, 0.1) is 5.82 Å². The Balaban J connectivity index is 1.29. The van der Waals surface area contributed by atoms with Crippen molar-refractivity contribution in [3.63, 3.8) is 0 Å². The molecule has 1 N–H and O–H groups in total. The van der Waals surface area contributed by atoms with Crippen molar-refractivity contribution in [3.05, 3.63) is 119 Å². The zero-order valence-corrected chi connectivity index (χ0v) is 22.8. The zero-order valence-electron chi connectivity index (χ0n) is 22.8. The lowest BCUT2D eigenvalue weighted by Crippen LogP contribution is -2.44. The molecule has 4 aromatic rings. The van der Waals surface area contributed by atoms with Crippen LogP contribution >= 0.6 is 0 Å². The van der Waals surface area contributed by atoms with Gasteiger partial charge in [0, 0.05) is 24.0 Å². The summed E-state index contributed by atoms with van der Waals surface area (Å²) in [4.78, 5) is 26.2. The molecule has 0 fully saturated rings. The van der Waals surface area contributed by atoms with Gasteiger partial charge < -0.3 is 24.3 Å². The summed E-state index contributed by atoms with van der Waals surface area (Å²) < 4.78 is 36.2. The Hall–Kier alpha value is -4.85. The number of fused-ring (bicyclic) bond motifs is 3. The van der Waals surface area contributed by atoms with Crippen molar-refractivity contribution >= 4 is 12.1 Å². The molecule has 1 unspecified atom stereocenters. The first-order valence-corrected chi connectivity index (χ1v) is 13.2. The van der Waals surface area contributed by atoms with Crippen LogP contribution in [-0.2, 0) is 27.3 Å². The lowest BCUT2D eigenvalue weighted by atomic mass is 9.98.